The van der Waals surface area contributed by atoms with Crippen LogP contribution in [0.25, 0.3) is 10.8 Å². The van der Waals surface area contributed by atoms with Crippen LogP contribution < -0.4 is 20.7 Å². The molecule has 0 spiro atoms. The first-order valence-corrected chi connectivity index (χ1v) is 21.4. The summed E-state index contributed by atoms with van der Waals surface area (Å²) in [4.78, 5) is 21.5. The number of azo groups is 1. The van der Waals surface area contributed by atoms with Gasteiger partial charge in [-0.2, -0.15) is 31.8 Å². The van der Waals surface area contributed by atoms with E-state index in [1.54, 1.807) is 24.3 Å². The van der Waals surface area contributed by atoms with E-state index in [-0.39, 0.29) is 45.3 Å². The van der Waals surface area contributed by atoms with E-state index in [0.717, 1.165) is 30.3 Å². The van der Waals surface area contributed by atoms with Gasteiger partial charge in [0.1, 0.15) is 37.7 Å². The summed E-state index contributed by atoms with van der Waals surface area (Å²) in [7, 11) is -13.5. The molecule has 20 nitrogen and oxygen atoms in total. The van der Waals surface area contributed by atoms with Gasteiger partial charge >= 0.3 is 0 Å². The molecule has 1 unspecified atom stereocenters. The molecular weight excluding hydrogens is 944 g/mol. The van der Waals surface area contributed by atoms with Crippen LogP contribution in [0.1, 0.15) is 0 Å². The lowest BCUT2D eigenvalue weighted by Gasteiger charge is -2.23. The third-order valence-electron chi connectivity index (χ3n) is 7.08. The zero-order valence-electron chi connectivity index (χ0n) is 27.3. The van der Waals surface area contributed by atoms with Crippen molar-refractivity contribution in [2.45, 2.75) is 19.5 Å². The summed E-state index contributed by atoms with van der Waals surface area (Å²) in [5.74, 6) is -1.84. The van der Waals surface area contributed by atoms with Gasteiger partial charge in [0.05, 0.1) is 22.6 Å². The number of aromatic nitrogens is 3. The molecule has 26 heteroatoms. The van der Waals surface area contributed by atoms with Gasteiger partial charge in [-0.1, -0.05) is 37.9 Å². The Balaban J connectivity index is 1.63. The zero-order valence-corrected chi connectivity index (χ0v) is 33.7. The second-order valence-electron chi connectivity index (χ2n) is 10.8. The van der Waals surface area contributed by atoms with Crippen LogP contribution >= 0.6 is 54.3 Å². The van der Waals surface area contributed by atoms with Crippen molar-refractivity contribution in [2.75, 3.05) is 28.4 Å². The van der Waals surface area contributed by atoms with Crippen molar-refractivity contribution in [2.24, 2.45) is 10.2 Å². The number of halogens is 3. The van der Waals surface area contributed by atoms with Crippen molar-refractivity contribution in [1.82, 2.24) is 15.0 Å². The van der Waals surface area contributed by atoms with E-state index in [1.807, 2.05) is 0 Å². The predicted octanol–water partition coefficient (Wildman–Crippen LogP) is 7.47. The second-order valence-corrected chi connectivity index (χ2v) is 17.2. The number of nitrogens with one attached hydrogen (secondary N) is 3. The van der Waals surface area contributed by atoms with Gasteiger partial charge in [0.15, 0.2) is 5.75 Å². The average molecular weight is 969 g/mol. The molecular formula is C29H25Br2ClN8O12S3. The summed E-state index contributed by atoms with van der Waals surface area (Å²) >= 11 is 12.6. The Kier molecular flexibility index (Phi) is 12.5. The lowest BCUT2D eigenvalue weighted by molar-refractivity contribution is -0.115. The Morgan fingerprint density at radius 3 is 2.16 bits per heavy atom. The number of nitrogens with zero attached hydrogens (tertiary/aromatic N) is 5. The number of carbonyl (C=O) groups excluding carboxylic acids is 1. The van der Waals surface area contributed by atoms with Gasteiger partial charge in [-0.05, 0) is 65.5 Å². The van der Waals surface area contributed by atoms with E-state index in [1.165, 1.54) is 13.2 Å². The Morgan fingerprint density at radius 1 is 0.873 bits per heavy atom. The maximum Gasteiger partial charge on any atom is 0.296 e. The minimum absolute atomic E-state index is 0.00313. The molecule has 292 valence electrons. The third kappa shape index (κ3) is 10.1. The van der Waals surface area contributed by atoms with Crippen LogP contribution in [-0.2, 0) is 25.0 Å². The van der Waals surface area contributed by atoms with Crippen molar-refractivity contribution in [1.29, 1.82) is 0 Å². The Bertz CT molecular complexity index is 2580. The van der Waals surface area contributed by atoms with Crippen LogP contribution in [0.3, 0.4) is 0 Å². The number of phenolic OH excluding ortho intramolecular Hbond substituents is 1. The number of carbonyl (C=O) groups is 1. The molecule has 0 fully saturated rings. The van der Waals surface area contributed by atoms with Crippen molar-refractivity contribution in [3.05, 3.63) is 65.9 Å². The fraction of sp³-hybridized carbons (Fsp3) is 0.103. The minimum Gasteiger partial charge on any atom is -0.505 e. The summed E-state index contributed by atoms with van der Waals surface area (Å²) in [6.07, 6.45) is 0. The number of hydrogen-bond acceptors (Lipinski definition) is 17. The summed E-state index contributed by atoms with van der Waals surface area (Å²) in [6.45, 7) is 0. The highest BCUT2D eigenvalue weighted by molar-refractivity contribution is 9.12. The molecule has 0 saturated heterocycles. The van der Waals surface area contributed by atoms with Crippen LogP contribution in [-0.4, -0.2) is 82.8 Å². The number of amides is 1. The fourth-order valence-corrected chi connectivity index (χ4v) is 7.14. The number of fused-ring (bicyclic) bond motifs is 1. The molecule has 1 atom stereocenters. The highest BCUT2D eigenvalue weighted by atomic mass is 79.9. The number of rotatable bonds is 13. The molecule has 0 bridgehead atoms. The van der Waals surface area contributed by atoms with Gasteiger partial charge < -0.3 is 39.5 Å². The van der Waals surface area contributed by atoms with Crippen LogP contribution in [0, 0.1) is 0 Å². The zero-order chi connectivity index (χ0) is 40.5. The van der Waals surface area contributed by atoms with Crippen LogP contribution in [0.15, 0.2) is 85.6 Å². The maximum atomic E-state index is 12.3. The normalized spacial score (nSPS) is 13.1. The van der Waals surface area contributed by atoms with E-state index in [4.69, 9.17) is 16.3 Å². The molecule has 4 aromatic carbocycles. The minimum atomic E-state index is -4.99. The summed E-state index contributed by atoms with van der Waals surface area (Å²) in [6, 6.07) is 12.1. The van der Waals surface area contributed by atoms with E-state index in [0.29, 0.717) is 16.7 Å². The largest absolute Gasteiger partial charge is 0.505 e. The number of methoxy groups -OCH3 is 1. The van der Waals surface area contributed by atoms with Crippen molar-refractivity contribution in [3.63, 3.8) is 0 Å². The topological polar surface area (TPSA) is 315 Å². The van der Waals surface area contributed by atoms with Crippen molar-refractivity contribution < 1.29 is 54.2 Å². The van der Waals surface area contributed by atoms with Gasteiger partial charge in [-0.25, -0.2) is 0 Å². The quantitative estimate of drug-likeness (QED) is 0.0314. The second kappa shape index (κ2) is 16.4. The Morgan fingerprint density at radius 2 is 1.55 bits per heavy atom. The number of phenols is 1. The molecule has 1 amide bonds. The molecule has 0 aliphatic rings. The molecule has 0 aliphatic heterocycles. The third-order valence-corrected chi connectivity index (χ3v) is 12.1. The maximum absolute atomic E-state index is 12.3. The fourth-order valence-electron chi connectivity index (χ4n) is 4.70. The van der Waals surface area contributed by atoms with Gasteiger partial charge in [-0.15, -0.1) is 10.2 Å². The predicted molar refractivity (Wildman–Crippen MR) is 209 cm³/mol. The standard InChI is InChI=1S/C29H25Br2ClN8O12S3/c1-52-16-5-6-19(21(10-16)54(46,47)48)39-40-24-22(55(49,50)51)8-13-7-17(53(43,44)45)11-20(23(13)25(24)41)35-29-37-27(32)36-28(38-29)34-15-4-2-3-14(9-15)33-26(42)18(31)12-30/h2-11,18,41,49-51H,12H2,1H3,(H,33,42)(H,43,44,45)(H,46,47,48)(H2,34,35,36,37,38). The van der Waals surface area contributed by atoms with Gasteiger partial charge in [-0.3, -0.25) is 13.9 Å². The van der Waals surface area contributed by atoms with Crippen LogP contribution in [0.5, 0.6) is 11.5 Å². The highest BCUT2D eigenvalue weighted by Gasteiger charge is 2.28. The molecule has 0 saturated carbocycles. The molecule has 0 radical (unpaired) electrons. The first-order chi connectivity index (χ1) is 25.7. The van der Waals surface area contributed by atoms with E-state index in [2.05, 4.69) is 73.0 Å². The number of aromatic hydroxyl groups is 1. The van der Waals surface area contributed by atoms with E-state index in [9.17, 15) is 49.5 Å². The molecule has 0 aliphatic carbocycles. The molecule has 5 aromatic rings. The summed E-state index contributed by atoms with van der Waals surface area (Å²) < 4.78 is 104. The number of benzene rings is 4. The van der Waals surface area contributed by atoms with Crippen molar-refractivity contribution >= 4 is 132 Å². The molecule has 55 heavy (non-hydrogen) atoms. The number of ether oxygens (including phenoxy) is 1. The van der Waals surface area contributed by atoms with Gasteiger partial charge in [0.2, 0.25) is 23.1 Å². The van der Waals surface area contributed by atoms with Gasteiger partial charge in [0.25, 0.3) is 20.2 Å². The number of alkyl halides is 2. The Labute approximate surface area is 334 Å². The van der Waals surface area contributed by atoms with E-state index >= 15 is 0 Å². The highest BCUT2D eigenvalue weighted by Crippen LogP contribution is 2.55. The SMILES string of the molecule is COc1ccc(N=Nc2c(S(O)(O)O)cc3cc(S(=O)(=O)O)cc(Nc4nc(Cl)nc(Nc5cccc(NC(=O)C(Br)CBr)c5)n4)c3c2O)c(S(=O)(=O)O)c1. The monoisotopic (exact) mass is 966 g/mol. The lowest BCUT2D eigenvalue weighted by Crippen LogP contribution is -2.23. The van der Waals surface area contributed by atoms with Gasteiger partial charge in [0, 0.05) is 28.2 Å². The molecule has 1 heterocycles. The van der Waals surface area contributed by atoms with Crippen molar-refractivity contribution in [3.8, 4) is 11.5 Å². The number of hydrogen-bond donors (Lipinski definition) is 9. The van der Waals surface area contributed by atoms with E-state index < -0.39 is 67.7 Å². The Hall–Kier alpha value is -4.28. The molecule has 5 rings (SSSR count). The lowest BCUT2D eigenvalue weighted by atomic mass is 10.1. The molecule has 1 aromatic heterocycles. The summed E-state index contributed by atoms with van der Waals surface area (Å²) in [5.41, 5.74) is -0.928. The van der Waals surface area contributed by atoms with Crippen LogP contribution in [0.2, 0.25) is 5.28 Å². The summed E-state index contributed by atoms with van der Waals surface area (Å²) in [5, 5.41) is 26.6. The first-order valence-electron chi connectivity index (χ1n) is 14.6. The average Bonchev–Trinajstić information content (AvgIpc) is 3.09. The smallest absolute Gasteiger partial charge is 0.296 e. The molecule has 9 N–H and O–H groups in total. The van der Waals surface area contributed by atoms with Crippen LogP contribution in [0.4, 0.5) is 40.3 Å². The number of anilines is 5. The first kappa shape index (κ1) is 41.9.